The molecule has 9 nitrogen and oxygen atoms in total. The lowest BCUT2D eigenvalue weighted by Crippen LogP contribution is -2.25. The molecule has 2 rings (SSSR count). The summed E-state index contributed by atoms with van der Waals surface area (Å²) in [6.07, 6.45) is 1.86. The van der Waals surface area contributed by atoms with Crippen molar-refractivity contribution in [3.05, 3.63) is 58.7 Å². The van der Waals surface area contributed by atoms with Gasteiger partial charge in [0, 0.05) is 0 Å². The quantitative estimate of drug-likeness (QED) is 0.530. The number of allylic oxidation sites excluding steroid dienone is 2. The van der Waals surface area contributed by atoms with Gasteiger partial charge in [0.05, 0.1) is 14.2 Å². The molecule has 0 radical (unpaired) electrons. The second-order valence-electron chi connectivity index (χ2n) is 6.66. The van der Waals surface area contributed by atoms with Gasteiger partial charge in [-0.15, -0.1) is 0 Å². The molecule has 0 saturated heterocycles. The Morgan fingerprint density at radius 2 is 1.12 bits per heavy atom. The van der Waals surface area contributed by atoms with Crippen molar-refractivity contribution in [1.29, 1.82) is 21.0 Å². The van der Waals surface area contributed by atoms with Gasteiger partial charge in [-0.3, -0.25) is 0 Å². The zero-order valence-corrected chi connectivity index (χ0v) is 18.5. The third-order valence-electron chi connectivity index (χ3n) is 4.34. The second-order valence-corrected chi connectivity index (χ2v) is 6.66. The van der Waals surface area contributed by atoms with Crippen LogP contribution in [0.1, 0.15) is 11.1 Å². The zero-order chi connectivity index (χ0) is 24.9. The van der Waals surface area contributed by atoms with Crippen molar-refractivity contribution in [3.8, 4) is 47.3 Å². The molecule has 34 heavy (non-hydrogen) atoms. The smallest absolute Gasteiger partial charge is 0.161 e. The summed E-state index contributed by atoms with van der Waals surface area (Å²) in [5.74, 6) is 1.48. The van der Waals surface area contributed by atoms with Crippen LogP contribution in [0, 0.1) is 45.3 Å². The summed E-state index contributed by atoms with van der Waals surface area (Å²) in [6.45, 7) is -0.186. The molecule has 2 aromatic rings. The zero-order valence-electron chi connectivity index (χ0n) is 18.5. The normalized spacial score (nSPS) is 9.41. The fourth-order valence-electron chi connectivity index (χ4n) is 2.72. The number of hydrogen-bond donors (Lipinski definition) is 1. The number of rotatable bonds is 10. The van der Waals surface area contributed by atoms with Crippen LogP contribution in [0.3, 0.4) is 0 Å². The molecule has 0 fully saturated rings. The first-order valence-corrected chi connectivity index (χ1v) is 9.81. The number of benzene rings is 2. The van der Waals surface area contributed by atoms with Gasteiger partial charge >= 0.3 is 0 Å². The topological polar surface area (TPSA) is 152 Å². The Labute approximate surface area is 197 Å². The summed E-state index contributed by atoms with van der Waals surface area (Å²) in [5.41, 5.74) is 1.10. The molecular formula is C25H20N4O5. The maximum absolute atomic E-state index is 10.3. The van der Waals surface area contributed by atoms with E-state index in [1.54, 1.807) is 60.7 Å². The Bertz CT molecular complexity index is 1130. The molecule has 0 unspecified atom stereocenters. The summed E-state index contributed by atoms with van der Waals surface area (Å²) in [7, 11) is 2.90. The van der Waals surface area contributed by atoms with Gasteiger partial charge in [-0.25, -0.2) is 0 Å². The number of aliphatic hydroxyl groups excluding tert-OH is 1. The Morgan fingerprint density at radius 3 is 1.44 bits per heavy atom. The van der Waals surface area contributed by atoms with E-state index >= 15 is 0 Å². The first-order valence-electron chi connectivity index (χ1n) is 9.81. The maximum Gasteiger partial charge on any atom is 0.161 e. The number of aliphatic hydroxyl groups is 1. The number of nitriles is 4. The average Bonchev–Trinajstić information content (AvgIpc) is 2.88. The van der Waals surface area contributed by atoms with E-state index in [0.29, 0.717) is 34.1 Å². The number of ether oxygens (including phenoxy) is 4. The van der Waals surface area contributed by atoms with Crippen LogP contribution < -0.4 is 18.9 Å². The first kappa shape index (κ1) is 25.3. The van der Waals surface area contributed by atoms with E-state index in [9.17, 15) is 5.11 Å². The van der Waals surface area contributed by atoms with E-state index < -0.39 is 6.10 Å². The summed E-state index contributed by atoms with van der Waals surface area (Å²) in [5, 5.41) is 45.8. The molecule has 0 aliphatic carbocycles. The van der Waals surface area contributed by atoms with Crippen LogP contribution in [0.25, 0.3) is 12.2 Å². The molecule has 0 bridgehead atoms. The van der Waals surface area contributed by atoms with Gasteiger partial charge in [-0.05, 0) is 47.5 Å². The van der Waals surface area contributed by atoms with Gasteiger partial charge in [0.25, 0.3) is 0 Å². The Kier molecular flexibility index (Phi) is 9.52. The average molecular weight is 456 g/mol. The molecule has 0 atom stereocenters. The van der Waals surface area contributed by atoms with Crippen molar-refractivity contribution in [1.82, 2.24) is 0 Å². The van der Waals surface area contributed by atoms with Gasteiger partial charge in [0.15, 0.2) is 23.0 Å². The van der Waals surface area contributed by atoms with Crippen molar-refractivity contribution in [2.24, 2.45) is 0 Å². The summed E-state index contributed by atoms with van der Waals surface area (Å²) in [4.78, 5) is 0. The molecule has 2 aromatic carbocycles. The molecule has 0 spiro atoms. The maximum atomic E-state index is 10.3. The standard InChI is InChI=1S/C25H20N4O5/c1-31-24-9-17(7-19(11-26)12-27)3-5-22(24)33-15-21(30)16-34-23-6-4-18(10-25(23)32-2)8-20(13-28)14-29/h3-10,21,30H,15-16H2,1-2H3. The van der Waals surface area contributed by atoms with Gasteiger partial charge in [-0.2, -0.15) is 21.0 Å². The van der Waals surface area contributed by atoms with Gasteiger partial charge in [0.1, 0.15) is 54.7 Å². The summed E-state index contributed by atoms with van der Waals surface area (Å²) in [6, 6.07) is 16.9. The molecule has 9 heteroatoms. The van der Waals surface area contributed by atoms with Gasteiger partial charge in [-0.1, -0.05) is 12.1 Å². The molecule has 0 aromatic heterocycles. The Hall–Kier alpha value is -4.96. The third-order valence-corrected chi connectivity index (χ3v) is 4.34. The predicted octanol–water partition coefficient (Wildman–Crippen LogP) is 3.38. The monoisotopic (exact) mass is 456 g/mol. The van der Waals surface area contributed by atoms with E-state index in [0.717, 1.165) is 0 Å². The van der Waals surface area contributed by atoms with Crippen LogP contribution in [-0.2, 0) is 0 Å². The Balaban J connectivity index is 2.02. The number of hydrogen-bond acceptors (Lipinski definition) is 9. The molecular weight excluding hydrogens is 436 g/mol. The van der Waals surface area contributed by atoms with Crippen LogP contribution in [0.2, 0.25) is 0 Å². The van der Waals surface area contributed by atoms with Crippen LogP contribution >= 0.6 is 0 Å². The van der Waals surface area contributed by atoms with Crippen LogP contribution in [0.4, 0.5) is 0 Å². The van der Waals surface area contributed by atoms with Gasteiger partial charge in [0.2, 0.25) is 0 Å². The van der Waals surface area contributed by atoms with Crippen molar-refractivity contribution in [3.63, 3.8) is 0 Å². The highest BCUT2D eigenvalue weighted by molar-refractivity contribution is 5.65. The van der Waals surface area contributed by atoms with Gasteiger partial charge < -0.3 is 24.1 Å². The molecule has 0 aliphatic rings. The summed E-state index contributed by atoms with van der Waals surface area (Å²) >= 11 is 0. The van der Waals surface area contributed by atoms with E-state index in [-0.39, 0.29) is 24.4 Å². The molecule has 0 amide bonds. The third kappa shape index (κ3) is 7.04. The SMILES string of the molecule is COc1cc(C=C(C#N)C#N)ccc1OCC(O)COc1ccc(C=C(C#N)C#N)cc1OC. The van der Waals surface area contributed by atoms with Crippen molar-refractivity contribution in [2.75, 3.05) is 27.4 Å². The van der Waals surface area contributed by atoms with E-state index in [2.05, 4.69) is 0 Å². The Morgan fingerprint density at radius 1 is 0.735 bits per heavy atom. The first-order chi connectivity index (χ1) is 16.5. The van der Waals surface area contributed by atoms with Crippen molar-refractivity contribution < 1.29 is 24.1 Å². The summed E-state index contributed by atoms with van der Waals surface area (Å²) < 4.78 is 21.8. The minimum absolute atomic E-state index is 0.0432. The highest BCUT2D eigenvalue weighted by Gasteiger charge is 2.13. The molecule has 0 aliphatic heterocycles. The predicted molar refractivity (Wildman–Crippen MR) is 121 cm³/mol. The minimum atomic E-state index is -0.985. The van der Waals surface area contributed by atoms with Crippen molar-refractivity contribution >= 4 is 12.2 Å². The number of nitrogens with zero attached hydrogens (tertiary/aromatic N) is 4. The lowest BCUT2D eigenvalue weighted by Gasteiger charge is -2.17. The number of methoxy groups -OCH3 is 2. The van der Waals surface area contributed by atoms with E-state index in [4.69, 9.17) is 40.0 Å². The minimum Gasteiger partial charge on any atom is -0.493 e. The molecule has 1 N–H and O–H groups in total. The highest BCUT2D eigenvalue weighted by atomic mass is 16.5. The lowest BCUT2D eigenvalue weighted by atomic mass is 10.1. The largest absolute Gasteiger partial charge is 0.493 e. The molecule has 0 saturated carbocycles. The lowest BCUT2D eigenvalue weighted by molar-refractivity contribution is 0.0607. The van der Waals surface area contributed by atoms with Crippen LogP contribution in [-0.4, -0.2) is 38.6 Å². The van der Waals surface area contributed by atoms with Crippen LogP contribution in [0.5, 0.6) is 23.0 Å². The fourth-order valence-corrected chi connectivity index (χ4v) is 2.72. The van der Waals surface area contributed by atoms with E-state index in [1.165, 1.54) is 26.4 Å². The van der Waals surface area contributed by atoms with Crippen LogP contribution in [0.15, 0.2) is 47.5 Å². The fraction of sp³-hybridized carbons (Fsp3) is 0.200. The second kappa shape index (κ2) is 12.8. The van der Waals surface area contributed by atoms with E-state index in [1.807, 2.05) is 0 Å². The molecule has 0 heterocycles. The molecule has 170 valence electrons. The van der Waals surface area contributed by atoms with Crippen molar-refractivity contribution in [2.45, 2.75) is 6.10 Å². The highest BCUT2D eigenvalue weighted by Crippen LogP contribution is 2.30.